The maximum atomic E-state index is 10.2. The predicted octanol–water partition coefficient (Wildman–Crippen LogP) is 1.78. The summed E-state index contributed by atoms with van der Waals surface area (Å²) in [6.07, 6.45) is 2.00. The van der Waals surface area contributed by atoms with Crippen LogP contribution in [-0.4, -0.2) is 16.2 Å². The molecule has 0 aliphatic carbocycles. The molecule has 1 aromatic rings. The standard InChI is InChI=1S/C6H5IN2O2/c7-4-1-2-8-3-5(4)9-6(10)11/h1-3,9H,(H,10,11). The Bertz CT molecular complexity index is 277. The molecule has 58 valence electrons. The van der Waals surface area contributed by atoms with Crippen LogP contribution < -0.4 is 5.32 Å². The van der Waals surface area contributed by atoms with Gasteiger partial charge in [0.05, 0.1) is 11.9 Å². The van der Waals surface area contributed by atoms with E-state index in [0.717, 1.165) is 3.57 Å². The van der Waals surface area contributed by atoms with E-state index in [1.807, 2.05) is 22.6 Å². The van der Waals surface area contributed by atoms with Crippen molar-refractivity contribution < 1.29 is 9.90 Å². The zero-order valence-electron chi connectivity index (χ0n) is 5.41. The molecule has 2 N–H and O–H groups in total. The number of hydrogen-bond acceptors (Lipinski definition) is 2. The SMILES string of the molecule is O=C(O)Nc1cnccc1I. The summed E-state index contributed by atoms with van der Waals surface area (Å²) in [6.45, 7) is 0. The third-order valence-corrected chi connectivity index (χ3v) is 1.95. The number of rotatable bonds is 1. The molecule has 1 heterocycles. The number of nitrogens with zero attached hydrogens (tertiary/aromatic N) is 1. The van der Waals surface area contributed by atoms with Gasteiger partial charge in [-0.2, -0.15) is 0 Å². The molecule has 0 aromatic carbocycles. The van der Waals surface area contributed by atoms with Gasteiger partial charge in [-0.3, -0.25) is 10.3 Å². The van der Waals surface area contributed by atoms with Crippen molar-refractivity contribution in [2.45, 2.75) is 0 Å². The molecule has 5 heteroatoms. The van der Waals surface area contributed by atoms with Gasteiger partial charge < -0.3 is 5.11 Å². The van der Waals surface area contributed by atoms with Crippen molar-refractivity contribution in [2.24, 2.45) is 0 Å². The molecule has 0 saturated carbocycles. The maximum absolute atomic E-state index is 10.2. The number of amides is 1. The van der Waals surface area contributed by atoms with Crippen LogP contribution in [0.25, 0.3) is 0 Å². The van der Waals surface area contributed by atoms with E-state index in [1.165, 1.54) is 6.20 Å². The average Bonchev–Trinajstić information content (AvgIpc) is 1.93. The third-order valence-electron chi connectivity index (χ3n) is 1.01. The van der Waals surface area contributed by atoms with E-state index >= 15 is 0 Å². The molecule has 0 aliphatic heterocycles. The van der Waals surface area contributed by atoms with E-state index in [2.05, 4.69) is 10.3 Å². The summed E-state index contributed by atoms with van der Waals surface area (Å²) in [6, 6.07) is 1.73. The molecule has 0 fully saturated rings. The first-order chi connectivity index (χ1) is 5.20. The molecule has 0 spiro atoms. The number of carbonyl (C=O) groups is 1. The Balaban J connectivity index is 2.86. The highest BCUT2D eigenvalue weighted by Crippen LogP contribution is 2.14. The largest absolute Gasteiger partial charge is 0.465 e. The van der Waals surface area contributed by atoms with Crippen LogP contribution in [-0.2, 0) is 0 Å². The Kier molecular flexibility index (Phi) is 2.64. The topological polar surface area (TPSA) is 62.2 Å². The Hall–Kier alpha value is -0.850. The highest BCUT2D eigenvalue weighted by Gasteiger charge is 2.00. The highest BCUT2D eigenvalue weighted by atomic mass is 127. The number of pyridine rings is 1. The second-order valence-electron chi connectivity index (χ2n) is 1.79. The van der Waals surface area contributed by atoms with E-state index in [0.29, 0.717) is 5.69 Å². The Morgan fingerprint density at radius 2 is 2.45 bits per heavy atom. The quantitative estimate of drug-likeness (QED) is 0.760. The number of hydrogen-bond donors (Lipinski definition) is 2. The van der Waals surface area contributed by atoms with Crippen molar-refractivity contribution in [2.75, 3.05) is 5.32 Å². The predicted molar refractivity (Wildman–Crippen MR) is 48.6 cm³/mol. The van der Waals surface area contributed by atoms with Crippen LogP contribution in [0.1, 0.15) is 0 Å². The van der Waals surface area contributed by atoms with Gasteiger partial charge in [0.1, 0.15) is 0 Å². The lowest BCUT2D eigenvalue weighted by atomic mass is 10.4. The van der Waals surface area contributed by atoms with Crippen molar-refractivity contribution in [3.05, 3.63) is 22.0 Å². The minimum absolute atomic E-state index is 0.514. The van der Waals surface area contributed by atoms with Gasteiger partial charge in [0.15, 0.2) is 0 Å². The number of aromatic nitrogens is 1. The molecule has 4 nitrogen and oxygen atoms in total. The first-order valence-electron chi connectivity index (χ1n) is 2.79. The maximum Gasteiger partial charge on any atom is 0.409 e. The van der Waals surface area contributed by atoms with Gasteiger partial charge >= 0.3 is 6.09 Å². The molecule has 0 atom stereocenters. The molecular formula is C6H5IN2O2. The minimum Gasteiger partial charge on any atom is -0.465 e. The summed E-state index contributed by atoms with van der Waals surface area (Å²) in [5.74, 6) is 0. The molecule has 1 amide bonds. The second kappa shape index (κ2) is 3.51. The van der Waals surface area contributed by atoms with Crippen LogP contribution in [0.3, 0.4) is 0 Å². The van der Waals surface area contributed by atoms with Crippen molar-refractivity contribution in [3.8, 4) is 0 Å². The van der Waals surface area contributed by atoms with E-state index in [4.69, 9.17) is 5.11 Å². The van der Waals surface area contributed by atoms with Gasteiger partial charge in [0, 0.05) is 9.77 Å². The lowest BCUT2D eigenvalue weighted by molar-refractivity contribution is 0.209. The van der Waals surface area contributed by atoms with Gasteiger partial charge in [-0.1, -0.05) is 0 Å². The van der Waals surface area contributed by atoms with Crippen LogP contribution in [0.15, 0.2) is 18.5 Å². The first-order valence-corrected chi connectivity index (χ1v) is 3.87. The molecule has 0 saturated heterocycles. The molecule has 1 rings (SSSR count). The zero-order chi connectivity index (χ0) is 8.27. The summed E-state index contributed by atoms with van der Waals surface area (Å²) in [7, 11) is 0. The van der Waals surface area contributed by atoms with Gasteiger partial charge in [-0.25, -0.2) is 4.79 Å². The number of carboxylic acid groups (broad SMARTS) is 1. The summed E-state index contributed by atoms with van der Waals surface area (Å²) < 4.78 is 0.833. The fourth-order valence-corrected chi connectivity index (χ4v) is 1.02. The highest BCUT2D eigenvalue weighted by molar-refractivity contribution is 14.1. The monoisotopic (exact) mass is 264 g/mol. The van der Waals surface area contributed by atoms with Gasteiger partial charge in [0.2, 0.25) is 0 Å². The van der Waals surface area contributed by atoms with Crippen molar-refractivity contribution >= 4 is 34.4 Å². The van der Waals surface area contributed by atoms with E-state index in [-0.39, 0.29) is 0 Å². The smallest absolute Gasteiger partial charge is 0.409 e. The summed E-state index contributed by atoms with van der Waals surface area (Å²) in [5.41, 5.74) is 0.514. The summed E-state index contributed by atoms with van der Waals surface area (Å²) >= 11 is 2.03. The Morgan fingerprint density at radius 3 is 3.00 bits per heavy atom. The summed E-state index contributed by atoms with van der Waals surface area (Å²) in [5, 5.41) is 10.6. The molecule has 0 unspecified atom stereocenters. The number of halogens is 1. The second-order valence-corrected chi connectivity index (χ2v) is 2.95. The van der Waals surface area contributed by atoms with Crippen LogP contribution in [0.2, 0.25) is 0 Å². The Morgan fingerprint density at radius 1 is 1.73 bits per heavy atom. The van der Waals surface area contributed by atoms with E-state index in [9.17, 15) is 4.79 Å². The van der Waals surface area contributed by atoms with E-state index in [1.54, 1.807) is 12.3 Å². The van der Waals surface area contributed by atoms with Crippen molar-refractivity contribution in [3.63, 3.8) is 0 Å². The molecule has 0 radical (unpaired) electrons. The third kappa shape index (κ3) is 2.34. The fourth-order valence-electron chi connectivity index (χ4n) is 0.585. The number of nitrogens with one attached hydrogen (secondary N) is 1. The van der Waals surface area contributed by atoms with Gasteiger partial charge in [0.25, 0.3) is 0 Å². The molecule has 0 bridgehead atoms. The zero-order valence-corrected chi connectivity index (χ0v) is 7.57. The first kappa shape index (κ1) is 8.25. The van der Waals surface area contributed by atoms with Crippen LogP contribution >= 0.6 is 22.6 Å². The average molecular weight is 264 g/mol. The molecule has 1 aromatic heterocycles. The summed E-state index contributed by atoms with van der Waals surface area (Å²) in [4.78, 5) is 13.9. The Labute approximate surface area is 76.8 Å². The van der Waals surface area contributed by atoms with Crippen LogP contribution in [0.5, 0.6) is 0 Å². The van der Waals surface area contributed by atoms with Crippen molar-refractivity contribution in [1.29, 1.82) is 0 Å². The molecule has 0 aliphatic rings. The van der Waals surface area contributed by atoms with Gasteiger partial charge in [-0.05, 0) is 28.7 Å². The molecule has 11 heavy (non-hydrogen) atoms. The van der Waals surface area contributed by atoms with Crippen molar-refractivity contribution in [1.82, 2.24) is 4.98 Å². The lowest BCUT2D eigenvalue weighted by Crippen LogP contribution is -2.08. The molecular weight excluding hydrogens is 259 g/mol. The van der Waals surface area contributed by atoms with Crippen LogP contribution in [0.4, 0.5) is 10.5 Å². The lowest BCUT2D eigenvalue weighted by Gasteiger charge is -2.00. The minimum atomic E-state index is -1.07. The number of anilines is 1. The van der Waals surface area contributed by atoms with E-state index < -0.39 is 6.09 Å². The van der Waals surface area contributed by atoms with Gasteiger partial charge in [-0.15, -0.1) is 0 Å². The normalized spacial score (nSPS) is 9.18. The fraction of sp³-hybridized carbons (Fsp3) is 0. The van der Waals surface area contributed by atoms with Crippen LogP contribution in [0, 0.1) is 3.57 Å².